The fourth-order valence-corrected chi connectivity index (χ4v) is 2.90. The predicted octanol–water partition coefficient (Wildman–Crippen LogP) is 0.616. The highest BCUT2D eigenvalue weighted by Gasteiger charge is 2.15. The SMILES string of the molecule is N=C1C=C(N)/C(=N/c2ccc(NCCCN(CCO)CCO)cc2)C=C1OCCO. The Hall–Kier alpha value is -2.72. The number of benzene rings is 1. The Labute approximate surface area is 176 Å². The molecule has 1 aliphatic rings. The first kappa shape index (κ1) is 23.6. The number of nitrogens with one attached hydrogen (secondary N) is 2. The molecule has 0 spiro atoms. The second-order valence-corrected chi connectivity index (χ2v) is 6.71. The van der Waals surface area contributed by atoms with Gasteiger partial charge in [0.25, 0.3) is 0 Å². The molecule has 0 saturated carbocycles. The second kappa shape index (κ2) is 12.8. The van der Waals surface area contributed by atoms with Gasteiger partial charge in [-0.05, 0) is 43.3 Å². The summed E-state index contributed by atoms with van der Waals surface area (Å²) in [6.45, 7) is 2.84. The third-order valence-electron chi connectivity index (χ3n) is 4.41. The molecule has 0 atom stereocenters. The average Bonchev–Trinajstić information content (AvgIpc) is 2.73. The predicted molar refractivity (Wildman–Crippen MR) is 118 cm³/mol. The molecule has 9 heteroatoms. The second-order valence-electron chi connectivity index (χ2n) is 6.71. The van der Waals surface area contributed by atoms with E-state index in [4.69, 9.17) is 31.2 Å². The highest BCUT2D eigenvalue weighted by Crippen LogP contribution is 2.20. The van der Waals surface area contributed by atoms with Crippen molar-refractivity contribution in [3.63, 3.8) is 0 Å². The van der Waals surface area contributed by atoms with Crippen molar-refractivity contribution in [2.24, 2.45) is 10.7 Å². The fraction of sp³-hybridized carbons (Fsp3) is 0.429. The number of nitrogens with two attached hydrogens (primary N) is 1. The first-order valence-electron chi connectivity index (χ1n) is 9.96. The van der Waals surface area contributed by atoms with Gasteiger partial charge in [-0.3, -0.25) is 10.3 Å². The molecule has 1 aliphatic carbocycles. The fourth-order valence-electron chi connectivity index (χ4n) is 2.90. The molecule has 7 N–H and O–H groups in total. The largest absolute Gasteiger partial charge is 0.489 e. The van der Waals surface area contributed by atoms with E-state index < -0.39 is 0 Å². The van der Waals surface area contributed by atoms with E-state index in [0.29, 0.717) is 30.3 Å². The normalized spacial score (nSPS) is 15.3. The quantitative estimate of drug-likeness (QED) is 0.204. The summed E-state index contributed by atoms with van der Waals surface area (Å²) in [5.41, 5.74) is 8.70. The van der Waals surface area contributed by atoms with Crippen molar-refractivity contribution in [1.29, 1.82) is 5.41 Å². The topological polar surface area (TPSA) is 147 Å². The van der Waals surface area contributed by atoms with E-state index in [-0.39, 0.29) is 32.1 Å². The third kappa shape index (κ3) is 7.60. The molecular weight excluding hydrogens is 386 g/mol. The summed E-state index contributed by atoms with van der Waals surface area (Å²) in [5, 5.41) is 38.2. The lowest BCUT2D eigenvalue weighted by molar-refractivity contribution is 0.156. The van der Waals surface area contributed by atoms with E-state index >= 15 is 0 Å². The van der Waals surface area contributed by atoms with Crippen LogP contribution in [-0.2, 0) is 4.74 Å². The first-order valence-corrected chi connectivity index (χ1v) is 9.96. The van der Waals surface area contributed by atoms with Crippen LogP contribution in [0, 0.1) is 5.41 Å². The Kier molecular flexibility index (Phi) is 10.0. The number of anilines is 1. The molecule has 164 valence electrons. The summed E-state index contributed by atoms with van der Waals surface area (Å²) >= 11 is 0. The molecule has 0 aromatic heterocycles. The van der Waals surface area contributed by atoms with Gasteiger partial charge in [-0.15, -0.1) is 0 Å². The summed E-state index contributed by atoms with van der Waals surface area (Å²) in [6, 6.07) is 7.59. The van der Waals surface area contributed by atoms with Gasteiger partial charge in [-0.1, -0.05) is 0 Å². The van der Waals surface area contributed by atoms with Crippen LogP contribution in [0.3, 0.4) is 0 Å². The van der Waals surface area contributed by atoms with Gasteiger partial charge >= 0.3 is 0 Å². The Morgan fingerprint density at radius 1 is 1.00 bits per heavy atom. The third-order valence-corrected chi connectivity index (χ3v) is 4.41. The lowest BCUT2D eigenvalue weighted by atomic mass is 10.1. The number of nitrogens with zero attached hydrogens (tertiary/aromatic N) is 2. The summed E-state index contributed by atoms with van der Waals surface area (Å²) < 4.78 is 5.35. The van der Waals surface area contributed by atoms with Gasteiger partial charge in [0.2, 0.25) is 0 Å². The molecule has 2 rings (SSSR count). The van der Waals surface area contributed by atoms with E-state index in [9.17, 15) is 0 Å². The summed E-state index contributed by atoms with van der Waals surface area (Å²) in [5.74, 6) is 0.326. The molecule has 0 heterocycles. The zero-order valence-corrected chi connectivity index (χ0v) is 17.0. The summed E-state index contributed by atoms with van der Waals surface area (Å²) in [4.78, 5) is 6.54. The molecule has 0 saturated heterocycles. The maximum Gasteiger partial charge on any atom is 0.146 e. The molecular formula is C21H31N5O4. The average molecular weight is 418 g/mol. The Morgan fingerprint density at radius 2 is 1.70 bits per heavy atom. The molecule has 30 heavy (non-hydrogen) atoms. The van der Waals surface area contributed by atoms with E-state index in [1.165, 1.54) is 6.08 Å². The van der Waals surface area contributed by atoms with Gasteiger partial charge in [0.05, 0.1) is 42.6 Å². The standard InChI is InChI=1S/C21H31N5O4/c22-18-14-19(23)21(30-13-12-29)15-20(18)25-17-4-2-16(3-5-17)24-6-1-7-26(8-10-27)9-11-28/h2-5,14-15,23-24,27-29H,1,6-13,22H2/b23-19?,25-20+. The highest BCUT2D eigenvalue weighted by atomic mass is 16.5. The van der Waals surface area contributed by atoms with Crippen molar-refractivity contribution in [2.75, 3.05) is 57.9 Å². The van der Waals surface area contributed by atoms with Gasteiger partial charge in [0.15, 0.2) is 0 Å². The minimum absolute atomic E-state index is 0.0858. The van der Waals surface area contributed by atoms with Crippen molar-refractivity contribution in [3.8, 4) is 0 Å². The van der Waals surface area contributed by atoms with E-state index in [0.717, 1.165) is 30.9 Å². The molecule has 9 nitrogen and oxygen atoms in total. The highest BCUT2D eigenvalue weighted by molar-refractivity contribution is 6.22. The molecule has 1 aromatic carbocycles. The zero-order chi connectivity index (χ0) is 21.8. The molecule has 0 aliphatic heterocycles. The smallest absolute Gasteiger partial charge is 0.146 e. The molecule has 1 aromatic rings. The summed E-state index contributed by atoms with van der Waals surface area (Å²) in [6.07, 6.45) is 3.97. The van der Waals surface area contributed by atoms with Crippen molar-refractivity contribution in [1.82, 2.24) is 4.90 Å². The Morgan fingerprint density at radius 3 is 2.33 bits per heavy atom. The zero-order valence-electron chi connectivity index (χ0n) is 17.0. The van der Waals surface area contributed by atoms with Gasteiger partial charge in [0, 0.05) is 31.4 Å². The van der Waals surface area contributed by atoms with Crippen molar-refractivity contribution in [2.45, 2.75) is 6.42 Å². The van der Waals surface area contributed by atoms with Gasteiger partial charge in [-0.25, -0.2) is 4.99 Å². The molecule has 0 fully saturated rings. The van der Waals surface area contributed by atoms with Crippen molar-refractivity contribution < 1.29 is 20.1 Å². The summed E-state index contributed by atoms with van der Waals surface area (Å²) in [7, 11) is 0. The van der Waals surface area contributed by atoms with Crippen molar-refractivity contribution in [3.05, 3.63) is 47.9 Å². The minimum atomic E-state index is -0.133. The number of hydrogen-bond acceptors (Lipinski definition) is 9. The maximum absolute atomic E-state index is 9.03. The van der Waals surface area contributed by atoms with Crippen LogP contribution in [0.5, 0.6) is 0 Å². The monoisotopic (exact) mass is 417 g/mol. The van der Waals surface area contributed by atoms with Crippen molar-refractivity contribution >= 4 is 22.8 Å². The van der Waals surface area contributed by atoms with Crippen LogP contribution in [0.15, 0.2) is 52.9 Å². The molecule has 0 bridgehead atoms. The lowest BCUT2D eigenvalue weighted by Crippen LogP contribution is -2.31. The lowest BCUT2D eigenvalue weighted by Gasteiger charge is -2.20. The van der Waals surface area contributed by atoms with Crippen LogP contribution in [0.1, 0.15) is 6.42 Å². The van der Waals surface area contributed by atoms with E-state index in [1.807, 2.05) is 29.2 Å². The number of rotatable bonds is 13. The Balaban J connectivity index is 1.91. The number of ether oxygens (including phenoxy) is 1. The minimum Gasteiger partial charge on any atom is -0.489 e. The number of allylic oxidation sites excluding steroid dienone is 2. The van der Waals surface area contributed by atoms with E-state index in [1.54, 1.807) is 6.08 Å². The molecule has 0 radical (unpaired) electrons. The number of aliphatic hydroxyl groups is 3. The van der Waals surface area contributed by atoms with Crippen LogP contribution in [0.2, 0.25) is 0 Å². The number of hydrogen-bond donors (Lipinski definition) is 6. The molecule has 0 unspecified atom stereocenters. The van der Waals surface area contributed by atoms with Crippen LogP contribution in [-0.4, -0.2) is 84.2 Å². The van der Waals surface area contributed by atoms with Crippen LogP contribution < -0.4 is 11.1 Å². The van der Waals surface area contributed by atoms with Gasteiger partial charge < -0.3 is 31.1 Å². The van der Waals surface area contributed by atoms with Crippen LogP contribution >= 0.6 is 0 Å². The van der Waals surface area contributed by atoms with Gasteiger partial charge in [0.1, 0.15) is 12.4 Å². The Bertz CT molecular complexity index is 768. The van der Waals surface area contributed by atoms with Crippen LogP contribution in [0.4, 0.5) is 11.4 Å². The maximum atomic E-state index is 9.03. The number of aliphatic hydroxyl groups excluding tert-OH is 3. The first-order chi connectivity index (χ1) is 14.6. The van der Waals surface area contributed by atoms with E-state index in [2.05, 4.69) is 10.3 Å². The molecule has 0 amide bonds. The number of aliphatic imine (C=N–C) groups is 1. The van der Waals surface area contributed by atoms with Crippen LogP contribution in [0.25, 0.3) is 0 Å². The van der Waals surface area contributed by atoms with Gasteiger partial charge in [-0.2, -0.15) is 0 Å².